The number of nitrogens with one attached hydrogen (secondary N) is 1. The number of halogens is 1. The Morgan fingerprint density at radius 2 is 1.93 bits per heavy atom. The molecule has 2 aromatic heterocycles. The van der Waals surface area contributed by atoms with Crippen LogP contribution in [0.5, 0.6) is 5.88 Å². The first-order valence-electron chi connectivity index (χ1n) is 8.48. The van der Waals surface area contributed by atoms with Crippen molar-refractivity contribution in [2.75, 3.05) is 11.1 Å². The van der Waals surface area contributed by atoms with Gasteiger partial charge < -0.3 is 15.0 Å². The van der Waals surface area contributed by atoms with Crippen molar-refractivity contribution >= 4 is 56.5 Å². The minimum Gasteiger partial charge on any atom is -0.494 e. The molecule has 0 unspecified atom stereocenters. The number of thioether (sulfide) groups is 1. The molecule has 8 heteroatoms. The van der Waals surface area contributed by atoms with E-state index in [9.17, 15) is 9.90 Å². The summed E-state index contributed by atoms with van der Waals surface area (Å²) in [5.74, 6) is 0.268. The summed E-state index contributed by atoms with van der Waals surface area (Å²) >= 11 is 8.74. The van der Waals surface area contributed by atoms with Crippen molar-refractivity contribution in [2.45, 2.75) is 11.6 Å². The van der Waals surface area contributed by atoms with Gasteiger partial charge in [0.1, 0.15) is 0 Å². The molecule has 2 aromatic carbocycles. The lowest BCUT2D eigenvalue weighted by Gasteiger charge is -2.11. The normalized spacial score (nSPS) is 11.0. The summed E-state index contributed by atoms with van der Waals surface area (Å²) in [4.78, 5) is 16.3. The van der Waals surface area contributed by atoms with Gasteiger partial charge in [-0.25, -0.2) is 4.98 Å². The molecule has 2 heterocycles. The number of anilines is 1. The summed E-state index contributed by atoms with van der Waals surface area (Å²) in [5, 5.41) is 19.1. The standard InChI is InChI=1S/C20H16ClN3O2S2/c21-14-7-5-13(6-8-14)11-24-18(26)15-3-1-2-4-16(15)19(24)28-12-17(25)23-20-22-9-10-27-20/h1-10,26H,11-12H2,(H,22,23,25). The third kappa shape index (κ3) is 4.01. The van der Waals surface area contributed by atoms with Crippen LogP contribution < -0.4 is 5.32 Å². The molecule has 0 aliphatic carbocycles. The van der Waals surface area contributed by atoms with Crippen LogP contribution in [0, 0.1) is 0 Å². The Balaban J connectivity index is 1.61. The predicted octanol–water partition coefficient (Wildman–Crippen LogP) is 5.24. The maximum atomic E-state index is 12.3. The number of rotatable bonds is 6. The summed E-state index contributed by atoms with van der Waals surface area (Å²) in [5.41, 5.74) is 1.01. The zero-order valence-corrected chi connectivity index (χ0v) is 17.0. The molecular weight excluding hydrogens is 414 g/mol. The van der Waals surface area contributed by atoms with E-state index in [0.717, 1.165) is 21.4 Å². The van der Waals surface area contributed by atoms with Crippen molar-refractivity contribution < 1.29 is 9.90 Å². The van der Waals surface area contributed by atoms with Gasteiger partial charge in [0.25, 0.3) is 0 Å². The Kier molecular flexibility index (Phi) is 5.57. The third-order valence-corrected chi connectivity index (χ3v) is 6.23. The van der Waals surface area contributed by atoms with Gasteiger partial charge in [0.05, 0.1) is 17.3 Å². The van der Waals surface area contributed by atoms with Crippen molar-refractivity contribution in [3.05, 3.63) is 70.7 Å². The third-order valence-electron chi connectivity index (χ3n) is 4.17. The molecule has 0 atom stereocenters. The van der Waals surface area contributed by atoms with E-state index in [0.29, 0.717) is 16.7 Å². The monoisotopic (exact) mass is 429 g/mol. The van der Waals surface area contributed by atoms with Crippen molar-refractivity contribution in [3.8, 4) is 5.88 Å². The minimum absolute atomic E-state index is 0.136. The summed E-state index contributed by atoms with van der Waals surface area (Å²) in [6.45, 7) is 0.480. The number of nitrogens with zero attached hydrogens (tertiary/aromatic N) is 2. The Bertz CT molecular complexity index is 1110. The maximum absolute atomic E-state index is 12.3. The Labute approximate surface area is 175 Å². The number of amides is 1. The molecule has 0 aliphatic heterocycles. The van der Waals surface area contributed by atoms with Gasteiger partial charge in [0, 0.05) is 27.4 Å². The second kappa shape index (κ2) is 8.26. The largest absolute Gasteiger partial charge is 0.494 e. The lowest BCUT2D eigenvalue weighted by molar-refractivity contribution is -0.113. The molecule has 2 N–H and O–H groups in total. The molecule has 142 valence electrons. The lowest BCUT2D eigenvalue weighted by atomic mass is 10.2. The van der Waals surface area contributed by atoms with Gasteiger partial charge in [-0.05, 0) is 23.8 Å². The van der Waals surface area contributed by atoms with E-state index in [-0.39, 0.29) is 17.5 Å². The molecule has 28 heavy (non-hydrogen) atoms. The van der Waals surface area contributed by atoms with Crippen LogP contribution in [-0.2, 0) is 11.3 Å². The number of hydrogen-bond acceptors (Lipinski definition) is 5. The number of carbonyl (C=O) groups is 1. The number of benzene rings is 2. The second-order valence-electron chi connectivity index (χ2n) is 6.06. The van der Waals surface area contributed by atoms with Gasteiger partial charge in [0.2, 0.25) is 5.91 Å². The average Bonchev–Trinajstić information content (AvgIpc) is 3.29. The van der Waals surface area contributed by atoms with Crippen molar-refractivity contribution in [1.29, 1.82) is 0 Å². The zero-order valence-electron chi connectivity index (χ0n) is 14.6. The predicted molar refractivity (Wildman–Crippen MR) is 116 cm³/mol. The van der Waals surface area contributed by atoms with Gasteiger partial charge in [-0.15, -0.1) is 11.3 Å². The highest BCUT2D eigenvalue weighted by atomic mass is 35.5. The van der Waals surface area contributed by atoms with E-state index in [2.05, 4.69) is 10.3 Å². The molecule has 1 amide bonds. The summed E-state index contributed by atoms with van der Waals surface area (Å²) in [7, 11) is 0. The molecule has 0 saturated heterocycles. The number of fused-ring (bicyclic) bond motifs is 1. The second-order valence-corrected chi connectivity index (χ2v) is 8.36. The van der Waals surface area contributed by atoms with Gasteiger partial charge >= 0.3 is 0 Å². The fraction of sp³-hybridized carbons (Fsp3) is 0.100. The van der Waals surface area contributed by atoms with E-state index < -0.39 is 0 Å². The smallest absolute Gasteiger partial charge is 0.236 e. The fourth-order valence-corrected chi connectivity index (χ4v) is 4.55. The number of aromatic nitrogens is 2. The van der Waals surface area contributed by atoms with E-state index >= 15 is 0 Å². The molecule has 0 saturated carbocycles. The fourth-order valence-electron chi connectivity index (χ4n) is 2.90. The first-order valence-corrected chi connectivity index (χ1v) is 10.7. The highest BCUT2D eigenvalue weighted by Crippen LogP contribution is 2.38. The number of carbonyl (C=O) groups excluding carboxylic acids is 1. The van der Waals surface area contributed by atoms with Crippen molar-refractivity contribution in [3.63, 3.8) is 0 Å². The van der Waals surface area contributed by atoms with Crippen LogP contribution in [0.2, 0.25) is 5.02 Å². The molecule has 0 radical (unpaired) electrons. The Morgan fingerprint density at radius 3 is 2.64 bits per heavy atom. The molecule has 5 nitrogen and oxygen atoms in total. The van der Waals surface area contributed by atoms with E-state index in [1.54, 1.807) is 6.20 Å². The Morgan fingerprint density at radius 1 is 1.18 bits per heavy atom. The molecule has 0 aliphatic rings. The van der Waals surface area contributed by atoms with Gasteiger partial charge in [0.15, 0.2) is 11.0 Å². The molecule has 4 rings (SSSR count). The van der Waals surface area contributed by atoms with Crippen LogP contribution in [0.4, 0.5) is 5.13 Å². The van der Waals surface area contributed by atoms with E-state index in [1.165, 1.54) is 23.1 Å². The first-order chi connectivity index (χ1) is 13.6. The van der Waals surface area contributed by atoms with Crippen LogP contribution in [0.25, 0.3) is 10.8 Å². The molecule has 0 fully saturated rings. The molecule has 0 spiro atoms. The van der Waals surface area contributed by atoms with Crippen LogP contribution >= 0.6 is 34.7 Å². The zero-order chi connectivity index (χ0) is 19.5. The number of hydrogen-bond donors (Lipinski definition) is 2. The van der Waals surface area contributed by atoms with Gasteiger partial charge in [-0.1, -0.05) is 53.7 Å². The minimum atomic E-state index is -0.136. The molecule has 4 aromatic rings. The summed E-state index contributed by atoms with van der Waals surface area (Å²) in [6, 6.07) is 15.1. The van der Waals surface area contributed by atoms with E-state index in [4.69, 9.17) is 11.6 Å². The van der Waals surface area contributed by atoms with Gasteiger partial charge in [-0.3, -0.25) is 4.79 Å². The van der Waals surface area contributed by atoms with Crippen LogP contribution in [0.15, 0.2) is 65.1 Å². The van der Waals surface area contributed by atoms with Gasteiger partial charge in [-0.2, -0.15) is 0 Å². The number of thiazole rings is 1. The highest BCUT2D eigenvalue weighted by Gasteiger charge is 2.18. The number of aromatic hydroxyl groups is 1. The molecule has 0 bridgehead atoms. The maximum Gasteiger partial charge on any atom is 0.236 e. The lowest BCUT2D eigenvalue weighted by Crippen LogP contribution is -2.14. The quantitative estimate of drug-likeness (QED) is 0.411. The average molecular weight is 430 g/mol. The van der Waals surface area contributed by atoms with E-state index in [1.807, 2.05) is 58.5 Å². The SMILES string of the molecule is O=C(CSc1c2ccccc2c(O)n1Cc1ccc(Cl)cc1)Nc1nccs1. The van der Waals surface area contributed by atoms with Crippen LogP contribution in [-0.4, -0.2) is 26.3 Å². The summed E-state index contributed by atoms with van der Waals surface area (Å²) in [6.07, 6.45) is 1.65. The first kappa shape index (κ1) is 18.9. The van der Waals surface area contributed by atoms with Crippen LogP contribution in [0.3, 0.4) is 0 Å². The topological polar surface area (TPSA) is 67.2 Å². The highest BCUT2D eigenvalue weighted by molar-refractivity contribution is 8.00. The van der Waals surface area contributed by atoms with Crippen molar-refractivity contribution in [2.24, 2.45) is 0 Å². The Hall–Kier alpha value is -2.48. The van der Waals surface area contributed by atoms with Crippen molar-refractivity contribution in [1.82, 2.24) is 9.55 Å². The summed E-state index contributed by atoms with van der Waals surface area (Å²) < 4.78 is 1.83. The molecular formula is C20H16ClN3O2S2. The van der Waals surface area contributed by atoms with Crippen LogP contribution in [0.1, 0.15) is 5.56 Å².